The molecular weight excluding hydrogens is 154 g/mol. The van der Waals surface area contributed by atoms with Crippen molar-refractivity contribution >= 4 is 5.91 Å². The van der Waals surface area contributed by atoms with E-state index in [1.807, 2.05) is 6.07 Å². The molecule has 2 N–H and O–H groups in total. The number of nitrogens with zero attached hydrogens (tertiary/aromatic N) is 1. The third-order valence-electron chi connectivity index (χ3n) is 1.81. The Bertz CT molecular complexity index is 254. The lowest BCUT2D eigenvalue weighted by Crippen LogP contribution is -2.22. The van der Waals surface area contributed by atoms with Gasteiger partial charge >= 0.3 is 0 Å². The first-order valence-electron chi connectivity index (χ1n) is 3.88. The second-order valence-electron chi connectivity index (χ2n) is 2.57. The first-order valence-corrected chi connectivity index (χ1v) is 3.88. The molecular formula is C8H11N3O. The Hall–Kier alpha value is -1.50. The lowest BCUT2D eigenvalue weighted by Gasteiger charge is -2.01. The molecule has 0 spiro atoms. The third kappa shape index (κ3) is 1.56. The van der Waals surface area contributed by atoms with Gasteiger partial charge < -0.3 is 10.6 Å². The average Bonchev–Trinajstić information content (AvgIpc) is 2.58. The molecule has 0 radical (unpaired) electrons. The SMILES string of the molecule is CNC(=O)C(C#N)=C1CCCN1. The van der Waals surface area contributed by atoms with Crippen LogP contribution in [0.25, 0.3) is 0 Å². The summed E-state index contributed by atoms with van der Waals surface area (Å²) in [7, 11) is 1.52. The zero-order chi connectivity index (χ0) is 8.97. The average molecular weight is 165 g/mol. The smallest absolute Gasteiger partial charge is 0.263 e. The van der Waals surface area contributed by atoms with Gasteiger partial charge in [0.25, 0.3) is 5.91 Å². The summed E-state index contributed by atoms with van der Waals surface area (Å²) in [6.45, 7) is 0.859. The van der Waals surface area contributed by atoms with Crippen molar-refractivity contribution in [2.45, 2.75) is 12.8 Å². The highest BCUT2D eigenvalue weighted by molar-refractivity contribution is 5.97. The van der Waals surface area contributed by atoms with Crippen LogP contribution in [0.5, 0.6) is 0 Å². The summed E-state index contributed by atoms with van der Waals surface area (Å²) < 4.78 is 0. The lowest BCUT2D eigenvalue weighted by atomic mass is 10.2. The Kier molecular flexibility index (Phi) is 2.70. The summed E-state index contributed by atoms with van der Waals surface area (Å²) >= 11 is 0. The third-order valence-corrected chi connectivity index (χ3v) is 1.81. The maximum absolute atomic E-state index is 11.1. The van der Waals surface area contributed by atoms with Crippen LogP contribution in [0.4, 0.5) is 0 Å². The van der Waals surface area contributed by atoms with E-state index in [4.69, 9.17) is 5.26 Å². The quantitative estimate of drug-likeness (QED) is 0.421. The minimum absolute atomic E-state index is 0.218. The zero-order valence-corrected chi connectivity index (χ0v) is 6.98. The van der Waals surface area contributed by atoms with Crippen LogP contribution >= 0.6 is 0 Å². The van der Waals surface area contributed by atoms with Gasteiger partial charge in [0.2, 0.25) is 0 Å². The number of nitrogens with one attached hydrogen (secondary N) is 2. The minimum Gasteiger partial charge on any atom is -0.387 e. The summed E-state index contributed by atoms with van der Waals surface area (Å²) in [4.78, 5) is 11.1. The van der Waals surface area contributed by atoms with Crippen molar-refractivity contribution in [2.24, 2.45) is 0 Å². The molecule has 0 saturated carbocycles. The predicted octanol–water partition coefficient (Wildman–Crippen LogP) is -0.107. The molecule has 1 aliphatic heterocycles. The first kappa shape index (κ1) is 8.60. The summed E-state index contributed by atoms with van der Waals surface area (Å²) in [5.41, 5.74) is 0.992. The molecule has 0 atom stereocenters. The largest absolute Gasteiger partial charge is 0.387 e. The van der Waals surface area contributed by atoms with Crippen LogP contribution in [0.2, 0.25) is 0 Å². The second-order valence-corrected chi connectivity index (χ2v) is 2.57. The highest BCUT2D eigenvalue weighted by Gasteiger charge is 2.16. The molecule has 4 nitrogen and oxygen atoms in total. The van der Waals surface area contributed by atoms with Crippen LogP contribution in [-0.2, 0) is 4.79 Å². The van der Waals surface area contributed by atoms with Gasteiger partial charge in [-0.1, -0.05) is 0 Å². The number of carbonyl (C=O) groups excluding carboxylic acids is 1. The fourth-order valence-corrected chi connectivity index (χ4v) is 1.19. The van der Waals surface area contributed by atoms with E-state index in [0.29, 0.717) is 0 Å². The number of rotatable bonds is 1. The number of hydrogen-bond acceptors (Lipinski definition) is 3. The molecule has 1 fully saturated rings. The van der Waals surface area contributed by atoms with E-state index in [2.05, 4.69) is 10.6 Å². The molecule has 1 amide bonds. The van der Waals surface area contributed by atoms with Crippen molar-refractivity contribution in [1.82, 2.24) is 10.6 Å². The summed E-state index contributed by atoms with van der Waals surface area (Å²) in [5, 5.41) is 14.1. The van der Waals surface area contributed by atoms with Crippen LogP contribution in [0.1, 0.15) is 12.8 Å². The molecule has 4 heteroatoms. The number of allylic oxidation sites excluding steroid dienone is 1. The Balaban J connectivity index is 2.86. The topological polar surface area (TPSA) is 64.9 Å². The van der Waals surface area contributed by atoms with Gasteiger partial charge in [-0.3, -0.25) is 4.79 Å². The van der Waals surface area contributed by atoms with Crippen molar-refractivity contribution in [3.8, 4) is 6.07 Å². The summed E-state index contributed by atoms with van der Waals surface area (Å²) in [6.07, 6.45) is 1.80. The normalized spacial score (nSPS) is 19.3. The van der Waals surface area contributed by atoms with E-state index in [1.54, 1.807) is 0 Å². The Labute approximate surface area is 71.3 Å². The Morgan fingerprint density at radius 3 is 2.92 bits per heavy atom. The van der Waals surface area contributed by atoms with Crippen LogP contribution < -0.4 is 10.6 Å². The van der Waals surface area contributed by atoms with E-state index >= 15 is 0 Å². The monoisotopic (exact) mass is 165 g/mol. The standard InChI is InChI=1S/C8H11N3O/c1-10-8(12)6(5-9)7-3-2-4-11-7/h11H,2-4H2,1H3,(H,10,12). The second kappa shape index (κ2) is 3.77. The lowest BCUT2D eigenvalue weighted by molar-refractivity contribution is -0.116. The minimum atomic E-state index is -0.304. The molecule has 0 aromatic carbocycles. The molecule has 1 heterocycles. The van der Waals surface area contributed by atoms with Gasteiger partial charge in [-0.2, -0.15) is 5.26 Å². The molecule has 0 unspecified atom stereocenters. The first-order chi connectivity index (χ1) is 5.79. The van der Waals surface area contributed by atoms with Crippen molar-refractivity contribution in [2.75, 3.05) is 13.6 Å². The summed E-state index contributed by atoms with van der Waals surface area (Å²) in [6, 6.07) is 1.90. The van der Waals surface area contributed by atoms with Gasteiger partial charge in [0.05, 0.1) is 0 Å². The van der Waals surface area contributed by atoms with E-state index in [1.165, 1.54) is 7.05 Å². The fourth-order valence-electron chi connectivity index (χ4n) is 1.19. The van der Waals surface area contributed by atoms with Gasteiger partial charge in [0.15, 0.2) is 0 Å². The van der Waals surface area contributed by atoms with Crippen LogP contribution in [0.15, 0.2) is 11.3 Å². The van der Waals surface area contributed by atoms with Crippen LogP contribution in [-0.4, -0.2) is 19.5 Å². The maximum Gasteiger partial charge on any atom is 0.263 e. The maximum atomic E-state index is 11.1. The van der Waals surface area contributed by atoms with Crippen molar-refractivity contribution < 1.29 is 4.79 Å². The van der Waals surface area contributed by atoms with E-state index in [-0.39, 0.29) is 11.5 Å². The van der Waals surface area contributed by atoms with Crippen molar-refractivity contribution in [3.05, 3.63) is 11.3 Å². The molecule has 0 bridgehead atoms. The fraction of sp³-hybridized carbons (Fsp3) is 0.500. The molecule has 0 aromatic rings. The molecule has 12 heavy (non-hydrogen) atoms. The Morgan fingerprint density at radius 2 is 2.50 bits per heavy atom. The van der Waals surface area contributed by atoms with Gasteiger partial charge in [-0.05, 0) is 12.8 Å². The highest BCUT2D eigenvalue weighted by atomic mass is 16.1. The molecule has 0 aliphatic carbocycles. The van der Waals surface area contributed by atoms with E-state index in [0.717, 1.165) is 25.1 Å². The zero-order valence-electron chi connectivity index (χ0n) is 6.98. The number of likely N-dealkylation sites (N-methyl/N-ethyl adjacent to an activating group) is 1. The Morgan fingerprint density at radius 1 is 1.75 bits per heavy atom. The predicted molar refractivity (Wildman–Crippen MR) is 43.9 cm³/mol. The number of hydrogen-bond donors (Lipinski definition) is 2. The molecule has 0 aromatic heterocycles. The van der Waals surface area contributed by atoms with Crippen LogP contribution in [0, 0.1) is 11.3 Å². The highest BCUT2D eigenvalue weighted by Crippen LogP contribution is 2.13. The van der Waals surface area contributed by atoms with Gasteiger partial charge in [-0.15, -0.1) is 0 Å². The van der Waals surface area contributed by atoms with Gasteiger partial charge in [0.1, 0.15) is 11.6 Å². The molecule has 64 valence electrons. The number of nitriles is 1. The van der Waals surface area contributed by atoms with Crippen LogP contribution in [0.3, 0.4) is 0 Å². The van der Waals surface area contributed by atoms with E-state index in [9.17, 15) is 4.79 Å². The summed E-state index contributed by atoms with van der Waals surface area (Å²) in [5.74, 6) is -0.304. The van der Waals surface area contributed by atoms with Crippen molar-refractivity contribution in [3.63, 3.8) is 0 Å². The molecule has 1 rings (SSSR count). The van der Waals surface area contributed by atoms with E-state index < -0.39 is 0 Å². The number of carbonyl (C=O) groups is 1. The van der Waals surface area contributed by atoms with Gasteiger partial charge in [0, 0.05) is 19.3 Å². The van der Waals surface area contributed by atoms with Gasteiger partial charge in [-0.25, -0.2) is 0 Å². The number of amides is 1. The molecule has 1 aliphatic rings. The molecule has 1 saturated heterocycles. The van der Waals surface area contributed by atoms with Crippen molar-refractivity contribution in [1.29, 1.82) is 5.26 Å².